The van der Waals surface area contributed by atoms with Gasteiger partial charge in [0.15, 0.2) is 0 Å². The third-order valence-electron chi connectivity index (χ3n) is 5.84. The molecule has 1 saturated heterocycles. The van der Waals surface area contributed by atoms with E-state index in [-0.39, 0.29) is 33.5 Å². The largest absolute Gasteiger partial charge is 0.348 e. The van der Waals surface area contributed by atoms with Gasteiger partial charge in [-0.15, -0.1) is 0 Å². The van der Waals surface area contributed by atoms with Gasteiger partial charge in [0.2, 0.25) is 17.2 Å². The van der Waals surface area contributed by atoms with Crippen molar-refractivity contribution in [2.24, 2.45) is 11.3 Å². The van der Waals surface area contributed by atoms with Crippen molar-refractivity contribution >= 4 is 40.4 Å². The first-order valence-corrected chi connectivity index (χ1v) is 10.8. The number of benzene rings is 1. The zero-order valence-corrected chi connectivity index (χ0v) is 17.3. The van der Waals surface area contributed by atoms with Crippen LogP contribution in [0, 0.1) is 17.2 Å². The van der Waals surface area contributed by atoms with Crippen LogP contribution >= 0.6 is 23.2 Å². The number of rotatable bonds is 5. The van der Waals surface area contributed by atoms with Crippen molar-refractivity contribution in [3.8, 4) is 0 Å². The molecule has 1 aliphatic heterocycles. The molecule has 1 aromatic rings. The Balaban J connectivity index is 1.89. The highest BCUT2D eigenvalue weighted by molar-refractivity contribution is 7.76. The van der Waals surface area contributed by atoms with Crippen LogP contribution in [0.1, 0.15) is 50.6 Å². The third-order valence-corrected chi connectivity index (χ3v) is 7.43. The normalized spacial score (nSPS) is 24.7. The van der Waals surface area contributed by atoms with E-state index in [4.69, 9.17) is 23.2 Å². The van der Waals surface area contributed by atoms with Gasteiger partial charge in [-0.25, -0.2) is 12.9 Å². The van der Waals surface area contributed by atoms with E-state index < -0.39 is 29.0 Å². The highest BCUT2D eigenvalue weighted by atomic mass is 35.5. The van der Waals surface area contributed by atoms with Crippen LogP contribution in [0.15, 0.2) is 12.1 Å². The average molecular weight is 437 g/mol. The number of nitrogens with zero attached hydrogens (tertiary/aromatic N) is 1. The zero-order chi connectivity index (χ0) is 19.8. The molecule has 0 bridgehead atoms. The summed E-state index contributed by atoms with van der Waals surface area (Å²) in [6.07, 6.45) is 4.18. The minimum Gasteiger partial charge on any atom is -0.348 e. The predicted octanol–water partition coefficient (Wildman–Crippen LogP) is 4.33. The van der Waals surface area contributed by atoms with Crippen LogP contribution in [0.4, 0.5) is 4.39 Å². The van der Waals surface area contributed by atoms with Gasteiger partial charge in [-0.1, -0.05) is 43.0 Å². The summed E-state index contributed by atoms with van der Waals surface area (Å²) < 4.78 is 36.5. The number of halogens is 3. The molecular weight excluding hydrogens is 414 g/mol. The Morgan fingerprint density at radius 1 is 1.41 bits per heavy atom. The molecule has 2 fully saturated rings. The SMILES string of the molecule is CC1([C@H](NC(=O)[C@H]2CCN(S(=O)O)C2)c2c(F)ccc(Cl)c2Cl)CCCC1. The summed E-state index contributed by atoms with van der Waals surface area (Å²) in [5.74, 6) is -1.17. The molecule has 27 heavy (non-hydrogen) atoms. The van der Waals surface area contributed by atoms with E-state index in [1.54, 1.807) is 0 Å². The smallest absolute Gasteiger partial charge is 0.234 e. The van der Waals surface area contributed by atoms with Gasteiger partial charge in [-0.05, 0) is 36.8 Å². The zero-order valence-electron chi connectivity index (χ0n) is 15.0. The lowest BCUT2D eigenvalue weighted by atomic mass is 9.76. The van der Waals surface area contributed by atoms with Crippen molar-refractivity contribution in [1.82, 2.24) is 9.62 Å². The van der Waals surface area contributed by atoms with Gasteiger partial charge >= 0.3 is 0 Å². The maximum Gasteiger partial charge on any atom is 0.234 e. The van der Waals surface area contributed by atoms with Crippen LogP contribution in [-0.4, -0.2) is 32.1 Å². The molecule has 1 saturated carbocycles. The van der Waals surface area contributed by atoms with Crippen molar-refractivity contribution in [1.29, 1.82) is 0 Å². The van der Waals surface area contributed by atoms with E-state index >= 15 is 0 Å². The Hall–Kier alpha value is -0.730. The van der Waals surface area contributed by atoms with Crippen molar-refractivity contribution in [3.05, 3.63) is 33.6 Å². The second kappa shape index (κ2) is 8.33. The number of carbonyl (C=O) groups is 1. The summed E-state index contributed by atoms with van der Waals surface area (Å²) in [6.45, 7) is 2.60. The minimum atomic E-state index is -2.09. The molecule has 150 valence electrons. The van der Waals surface area contributed by atoms with E-state index in [0.29, 0.717) is 13.0 Å². The molecule has 1 unspecified atom stereocenters. The van der Waals surface area contributed by atoms with E-state index in [0.717, 1.165) is 25.7 Å². The van der Waals surface area contributed by atoms with Crippen LogP contribution < -0.4 is 5.32 Å². The van der Waals surface area contributed by atoms with Gasteiger partial charge in [-0.2, -0.15) is 0 Å². The summed E-state index contributed by atoms with van der Waals surface area (Å²) in [4.78, 5) is 12.9. The van der Waals surface area contributed by atoms with Gasteiger partial charge in [-0.3, -0.25) is 9.35 Å². The Morgan fingerprint density at radius 3 is 2.67 bits per heavy atom. The lowest BCUT2D eigenvalue weighted by Crippen LogP contribution is -2.42. The molecule has 5 nitrogen and oxygen atoms in total. The molecular formula is C18H23Cl2FN2O3S. The first kappa shape index (κ1) is 21.0. The molecule has 3 rings (SSSR count). The third kappa shape index (κ3) is 4.32. The number of hydrogen-bond donors (Lipinski definition) is 2. The van der Waals surface area contributed by atoms with Gasteiger partial charge in [0.1, 0.15) is 5.82 Å². The fourth-order valence-electron chi connectivity index (χ4n) is 4.22. The standard InChI is InChI=1S/C18H23Cl2FN2O3S/c1-18(7-2-3-8-18)16(14-13(21)5-4-12(19)15(14)20)22-17(24)11-6-9-23(10-11)27(25)26/h4-5,11,16H,2-3,6-10H2,1H3,(H,22,24)(H,25,26)/t11-,16+/m0/s1. The van der Waals surface area contributed by atoms with Crippen LogP contribution in [0.2, 0.25) is 10.0 Å². The molecule has 0 aromatic heterocycles. The van der Waals surface area contributed by atoms with E-state index in [9.17, 15) is 17.9 Å². The Kier molecular flexibility index (Phi) is 6.48. The van der Waals surface area contributed by atoms with Crippen molar-refractivity contribution in [2.75, 3.05) is 13.1 Å². The topological polar surface area (TPSA) is 69.6 Å². The molecule has 1 amide bonds. The highest BCUT2D eigenvalue weighted by Crippen LogP contribution is 2.50. The minimum absolute atomic E-state index is 0.125. The lowest BCUT2D eigenvalue weighted by molar-refractivity contribution is -0.126. The fraction of sp³-hybridized carbons (Fsp3) is 0.611. The highest BCUT2D eigenvalue weighted by Gasteiger charge is 2.43. The van der Waals surface area contributed by atoms with Crippen LogP contribution in [0.3, 0.4) is 0 Å². The first-order chi connectivity index (χ1) is 12.7. The summed E-state index contributed by atoms with van der Waals surface area (Å²) in [5, 5.41) is 3.37. The lowest BCUT2D eigenvalue weighted by Gasteiger charge is -2.36. The maximum absolute atomic E-state index is 14.7. The molecule has 9 heteroatoms. The molecule has 1 aliphatic carbocycles. The van der Waals surface area contributed by atoms with Crippen molar-refractivity contribution in [2.45, 2.75) is 45.1 Å². The van der Waals surface area contributed by atoms with Crippen LogP contribution in [0.25, 0.3) is 0 Å². The van der Waals surface area contributed by atoms with Crippen molar-refractivity contribution < 1.29 is 17.9 Å². The Morgan fingerprint density at radius 2 is 2.07 bits per heavy atom. The van der Waals surface area contributed by atoms with Gasteiger partial charge in [0.25, 0.3) is 0 Å². The average Bonchev–Trinajstić information content (AvgIpc) is 3.27. The first-order valence-electron chi connectivity index (χ1n) is 9.02. The predicted molar refractivity (Wildman–Crippen MR) is 104 cm³/mol. The fourth-order valence-corrected chi connectivity index (χ4v) is 5.21. The molecule has 3 atom stereocenters. The van der Waals surface area contributed by atoms with E-state index in [2.05, 4.69) is 5.32 Å². The van der Waals surface area contributed by atoms with Crippen LogP contribution in [-0.2, 0) is 16.1 Å². The number of carbonyl (C=O) groups excluding carboxylic acids is 1. The Bertz CT molecular complexity index is 758. The number of hydrogen-bond acceptors (Lipinski definition) is 2. The van der Waals surface area contributed by atoms with Gasteiger partial charge < -0.3 is 5.32 Å². The molecule has 1 aromatic carbocycles. The Labute approximate surface area is 171 Å². The van der Waals surface area contributed by atoms with E-state index in [1.807, 2.05) is 6.92 Å². The van der Waals surface area contributed by atoms with Gasteiger partial charge in [0.05, 0.1) is 22.0 Å². The molecule has 1 heterocycles. The van der Waals surface area contributed by atoms with Crippen molar-refractivity contribution in [3.63, 3.8) is 0 Å². The summed E-state index contributed by atoms with van der Waals surface area (Å²) in [6, 6.07) is 2.07. The maximum atomic E-state index is 14.7. The summed E-state index contributed by atoms with van der Waals surface area (Å²) >= 11 is 10.4. The molecule has 2 aliphatic rings. The number of nitrogens with one attached hydrogen (secondary N) is 1. The quantitative estimate of drug-likeness (QED) is 0.532. The monoisotopic (exact) mass is 436 g/mol. The van der Waals surface area contributed by atoms with E-state index in [1.165, 1.54) is 16.4 Å². The number of amides is 1. The van der Waals surface area contributed by atoms with Crippen LogP contribution in [0.5, 0.6) is 0 Å². The van der Waals surface area contributed by atoms with Gasteiger partial charge in [0, 0.05) is 18.7 Å². The second-order valence-corrected chi connectivity index (χ2v) is 9.43. The second-order valence-electron chi connectivity index (χ2n) is 7.66. The summed E-state index contributed by atoms with van der Waals surface area (Å²) in [5.41, 5.74) is -0.106. The summed E-state index contributed by atoms with van der Waals surface area (Å²) in [7, 11) is 0. The molecule has 0 radical (unpaired) electrons. The molecule has 2 N–H and O–H groups in total. The molecule has 0 spiro atoms.